The van der Waals surface area contributed by atoms with E-state index in [-0.39, 0.29) is 11.3 Å². The molecule has 1 aromatic carbocycles. The minimum atomic E-state index is -1.88. The molecule has 0 bridgehead atoms. The number of hydrogen-bond acceptors (Lipinski definition) is 9. The Morgan fingerprint density at radius 2 is 1.72 bits per heavy atom. The maximum Gasteiger partial charge on any atom is 0.336 e. The van der Waals surface area contributed by atoms with Crippen LogP contribution >= 0.6 is 0 Å². The predicted molar refractivity (Wildman–Crippen MR) is 79.1 cm³/mol. The first-order valence-corrected chi connectivity index (χ1v) is 7.14. The van der Waals surface area contributed by atoms with Crippen molar-refractivity contribution in [3.05, 3.63) is 34.7 Å². The summed E-state index contributed by atoms with van der Waals surface area (Å²) >= 11 is 0. The van der Waals surface area contributed by atoms with Crippen molar-refractivity contribution in [2.45, 2.75) is 30.7 Å². The monoisotopic (exact) mass is 354 g/mol. The molecule has 25 heavy (non-hydrogen) atoms. The number of phenolic OH excluding ortho intramolecular Hbond substituents is 1. The average molecular weight is 354 g/mol. The van der Waals surface area contributed by atoms with Gasteiger partial charge in [-0.15, -0.1) is 0 Å². The van der Waals surface area contributed by atoms with Crippen LogP contribution in [0.5, 0.6) is 11.5 Å². The molecule has 2 heterocycles. The number of aliphatic hydroxyl groups is 3. The van der Waals surface area contributed by atoms with Crippen LogP contribution < -0.4 is 10.4 Å². The van der Waals surface area contributed by atoms with Gasteiger partial charge in [0.25, 0.3) is 0 Å². The maximum atomic E-state index is 11.4. The summed E-state index contributed by atoms with van der Waals surface area (Å²) in [6.07, 6.45) is -9.19. The second-order valence-electron chi connectivity index (χ2n) is 5.44. The third kappa shape index (κ3) is 3.03. The van der Waals surface area contributed by atoms with Gasteiger partial charge in [-0.3, -0.25) is 0 Å². The normalized spacial score (nSPS) is 29.5. The van der Waals surface area contributed by atoms with E-state index in [0.717, 1.165) is 6.07 Å². The second-order valence-corrected chi connectivity index (χ2v) is 5.44. The van der Waals surface area contributed by atoms with Crippen molar-refractivity contribution < 1.29 is 44.2 Å². The number of aromatic hydroxyl groups is 1. The van der Waals surface area contributed by atoms with Crippen molar-refractivity contribution in [1.82, 2.24) is 0 Å². The van der Waals surface area contributed by atoms with Crippen LogP contribution in [0.1, 0.15) is 0 Å². The Balaban J connectivity index is 2.00. The summed E-state index contributed by atoms with van der Waals surface area (Å²) in [5.74, 6) is -2.43. The summed E-state index contributed by atoms with van der Waals surface area (Å²) < 4.78 is 15.2. The number of benzene rings is 1. The van der Waals surface area contributed by atoms with Gasteiger partial charge in [0.05, 0.1) is 0 Å². The lowest BCUT2D eigenvalue weighted by atomic mass is 9.99. The Morgan fingerprint density at radius 1 is 1.04 bits per heavy atom. The molecular weight excluding hydrogens is 340 g/mol. The Hall–Kier alpha value is -2.66. The Kier molecular flexibility index (Phi) is 4.35. The average Bonchev–Trinajstić information content (AvgIpc) is 2.57. The number of fused-ring (bicyclic) bond motifs is 1. The lowest BCUT2D eigenvalue weighted by Crippen LogP contribution is -2.61. The Morgan fingerprint density at radius 3 is 2.40 bits per heavy atom. The van der Waals surface area contributed by atoms with Gasteiger partial charge in [0.15, 0.2) is 17.4 Å². The van der Waals surface area contributed by atoms with Crippen LogP contribution in [-0.2, 0) is 9.53 Å². The largest absolute Gasteiger partial charge is 0.504 e. The number of ether oxygens (including phenoxy) is 2. The molecule has 0 radical (unpaired) electrons. The molecule has 0 unspecified atom stereocenters. The van der Waals surface area contributed by atoms with Crippen molar-refractivity contribution in [3.8, 4) is 11.5 Å². The summed E-state index contributed by atoms with van der Waals surface area (Å²) in [6.45, 7) is 0. The SMILES string of the molecule is O=C(O)[C@H]1O[C@@H](Oc2c(O)ccc3ccc(=O)oc23)[C@H](O)[C@@H](O)[C@@H]1O. The number of aliphatic hydroxyl groups excluding tert-OH is 3. The number of phenols is 1. The zero-order chi connectivity index (χ0) is 18.3. The van der Waals surface area contributed by atoms with Crippen LogP contribution in [0.4, 0.5) is 0 Å². The zero-order valence-electron chi connectivity index (χ0n) is 12.5. The van der Waals surface area contributed by atoms with Gasteiger partial charge in [-0.2, -0.15) is 0 Å². The zero-order valence-corrected chi connectivity index (χ0v) is 12.5. The van der Waals surface area contributed by atoms with E-state index in [1.807, 2.05) is 0 Å². The molecule has 1 saturated heterocycles. The third-order valence-electron chi connectivity index (χ3n) is 3.77. The fourth-order valence-corrected chi connectivity index (χ4v) is 2.48. The van der Waals surface area contributed by atoms with Crippen molar-refractivity contribution >= 4 is 16.9 Å². The molecule has 10 heteroatoms. The van der Waals surface area contributed by atoms with E-state index >= 15 is 0 Å². The van der Waals surface area contributed by atoms with Gasteiger partial charge in [0, 0.05) is 11.5 Å². The lowest BCUT2D eigenvalue weighted by molar-refractivity contribution is -0.271. The number of carboxylic acid groups (broad SMARTS) is 1. The van der Waals surface area contributed by atoms with Gasteiger partial charge in [-0.1, -0.05) is 0 Å². The highest BCUT2D eigenvalue weighted by Gasteiger charge is 2.48. The van der Waals surface area contributed by atoms with Gasteiger partial charge in [0.2, 0.25) is 12.0 Å². The summed E-state index contributed by atoms with van der Waals surface area (Å²) in [4.78, 5) is 22.5. The third-order valence-corrected chi connectivity index (χ3v) is 3.77. The van der Waals surface area contributed by atoms with E-state index in [2.05, 4.69) is 0 Å². The Labute approximate surface area is 139 Å². The fourth-order valence-electron chi connectivity index (χ4n) is 2.48. The summed E-state index contributed by atoms with van der Waals surface area (Å²) in [5.41, 5.74) is -0.886. The van der Waals surface area contributed by atoms with Crippen molar-refractivity contribution in [1.29, 1.82) is 0 Å². The second kappa shape index (κ2) is 6.33. The molecule has 1 aromatic heterocycles. The van der Waals surface area contributed by atoms with Crippen LogP contribution in [0.15, 0.2) is 33.5 Å². The first-order valence-electron chi connectivity index (χ1n) is 7.14. The molecule has 1 aliphatic rings. The number of carboxylic acids is 1. The molecule has 1 fully saturated rings. The van der Waals surface area contributed by atoms with E-state index in [4.69, 9.17) is 19.0 Å². The number of rotatable bonds is 3. The van der Waals surface area contributed by atoms with E-state index < -0.39 is 48.1 Å². The highest BCUT2D eigenvalue weighted by Crippen LogP contribution is 2.36. The standard InChI is InChI=1S/C15H14O10/c16-6-3-1-5-2-4-7(17)23-11(5)12(6)24-15-10(20)8(18)9(19)13(25-15)14(21)22/h1-4,8-10,13,15-16,18-20H,(H,21,22)/t8-,9-,10+,13-,15+/m0/s1. The molecule has 134 valence electrons. The molecule has 5 atom stereocenters. The molecular formula is C15H14O10. The summed E-state index contributed by atoms with van der Waals surface area (Å²) in [5, 5.41) is 48.7. The topological polar surface area (TPSA) is 167 Å². The Bertz CT molecular complexity index is 859. The van der Waals surface area contributed by atoms with Crippen LogP contribution in [0.25, 0.3) is 11.0 Å². The molecule has 0 aliphatic carbocycles. The highest BCUT2D eigenvalue weighted by atomic mass is 16.7. The number of carbonyl (C=O) groups is 1. The van der Waals surface area contributed by atoms with E-state index in [1.54, 1.807) is 0 Å². The predicted octanol–water partition coefficient (Wildman–Crippen LogP) is -1.23. The summed E-state index contributed by atoms with van der Waals surface area (Å²) in [6, 6.07) is 5.23. The fraction of sp³-hybridized carbons (Fsp3) is 0.333. The first-order chi connectivity index (χ1) is 11.8. The van der Waals surface area contributed by atoms with Crippen LogP contribution in [0, 0.1) is 0 Å². The van der Waals surface area contributed by atoms with Crippen LogP contribution in [-0.4, -0.2) is 62.2 Å². The molecule has 0 spiro atoms. The van der Waals surface area contributed by atoms with E-state index in [0.29, 0.717) is 5.39 Å². The first kappa shape index (κ1) is 17.2. The van der Waals surface area contributed by atoms with Crippen molar-refractivity contribution in [2.24, 2.45) is 0 Å². The maximum absolute atomic E-state index is 11.4. The molecule has 5 N–H and O–H groups in total. The number of aliphatic carboxylic acids is 1. The van der Waals surface area contributed by atoms with Gasteiger partial charge < -0.3 is 39.4 Å². The van der Waals surface area contributed by atoms with E-state index in [1.165, 1.54) is 18.2 Å². The van der Waals surface area contributed by atoms with Crippen molar-refractivity contribution in [3.63, 3.8) is 0 Å². The van der Waals surface area contributed by atoms with E-state index in [9.17, 15) is 30.0 Å². The van der Waals surface area contributed by atoms with Gasteiger partial charge >= 0.3 is 11.6 Å². The molecule has 1 aliphatic heterocycles. The smallest absolute Gasteiger partial charge is 0.336 e. The molecule has 0 saturated carbocycles. The summed E-state index contributed by atoms with van der Waals surface area (Å²) in [7, 11) is 0. The molecule has 10 nitrogen and oxygen atoms in total. The lowest BCUT2D eigenvalue weighted by Gasteiger charge is -2.38. The molecule has 2 aromatic rings. The minimum Gasteiger partial charge on any atom is -0.504 e. The van der Waals surface area contributed by atoms with Crippen LogP contribution in [0.2, 0.25) is 0 Å². The van der Waals surface area contributed by atoms with Gasteiger partial charge in [-0.05, 0) is 18.2 Å². The van der Waals surface area contributed by atoms with Gasteiger partial charge in [-0.25, -0.2) is 9.59 Å². The van der Waals surface area contributed by atoms with Crippen LogP contribution in [0.3, 0.4) is 0 Å². The quantitative estimate of drug-likeness (QED) is 0.421. The number of hydrogen-bond donors (Lipinski definition) is 5. The van der Waals surface area contributed by atoms with Gasteiger partial charge in [0.1, 0.15) is 18.3 Å². The molecule has 3 rings (SSSR count). The highest BCUT2D eigenvalue weighted by molar-refractivity contribution is 5.85. The van der Waals surface area contributed by atoms with Crippen molar-refractivity contribution in [2.75, 3.05) is 0 Å². The minimum absolute atomic E-state index is 0.157. The molecule has 0 amide bonds.